The van der Waals surface area contributed by atoms with Crippen LogP contribution >= 0.6 is 11.3 Å². The minimum atomic E-state index is 0.0685. The maximum atomic E-state index is 12.5. The Hall–Kier alpha value is -2.44. The van der Waals surface area contributed by atoms with Crippen LogP contribution in [0.15, 0.2) is 42.5 Å². The van der Waals surface area contributed by atoms with Crippen molar-refractivity contribution in [2.24, 2.45) is 0 Å². The van der Waals surface area contributed by atoms with Gasteiger partial charge in [-0.2, -0.15) is 0 Å². The van der Waals surface area contributed by atoms with Crippen molar-refractivity contribution in [1.29, 1.82) is 0 Å². The molecule has 0 radical (unpaired) electrons. The molecule has 0 atom stereocenters. The number of amides is 1. The van der Waals surface area contributed by atoms with Crippen LogP contribution in [0.1, 0.15) is 16.1 Å². The molecule has 1 aliphatic rings. The molecule has 1 amide bonds. The average molecular weight is 397 g/mol. The van der Waals surface area contributed by atoms with Crippen molar-refractivity contribution in [3.63, 3.8) is 0 Å². The number of thiazole rings is 1. The van der Waals surface area contributed by atoms with Crippen molar-refractivity contribution in [2.45, 2.75) is 20.4 Å². The molecule has 0 saturated carbocycles. The molecule has 28 heavy (non-hydrogen) atoms. The van der Waals surface area contributed by atoms with Crippen LogP contribution in [0.25, 0.3) is 10.2 Å². The Balaban J connectivity index is 1.26. The summed E-state index contributed by atoms with van der Waals surface area (Å²) in [5.41, 5.74) is 3.35. The molecule has 0 spiro atoms. The first-order chi connectivity index (χ1) is 13.6. The highest BCUT2D eigenvalue weighted by atomic mass is 32.1. The van der Waals surface area contributed by atoms with E-state index in [0.717, 1.165) is 49.6 Å². The van der Waals surface area contributed by atoms with Crippen LogP contribution in [0.2, 0.25) is 0 Å². The van der Waals surface area contributed by atoms with Crippen LogP contribution in [0.4, 0.5) is 0 Å². The predicted molar refractivity (Wildman–Crippen MR) is 112 cm³/mol. The number of nitrogens with zero attached hydrogens (tertiary/aromatic N) is 2. The van der Waals surface area contributed by atoms with Gasteiger partial charge in [0.1, 0.15) is 17.3 Å². The zero-order chi connectivity index (χ0) is 19.5. The van der Waals surface area contributed by atoms with E-state index < -0.39 is 0 Å². The zero-order valence-corrected chi connectivity index (χ0v) is 17.2. The van der Waals surface area contributed by atoms with E-state index in [2.05, 4.69) is 31.2 Å². The summed E-state index contributed by atoms with van der Waals surface area (Å²) in [5.74, 6) is 0.859. The molecule has 3 aromatic rings. The number of para-hydroxylation sites is 1. The lowest BCUT2D eigenvalue weighted by atomic mass is 10.1. The fourth-order valence-corrected chi connectivity index (χ4v) is 4.69. The lowest BCUT2D eigenvalue weighted by molar-refractivity contribution is -0.917. The second kappa shape index (κ2) is 8.29. The zero-order valence-electron chi connectivity index (χ0n) is 16.4. The molecule has 2 aromatic carbocycles. The first-order valence-corrected chi connectivity index (χ1v) is 10.6. The van der Waals surface area contributed by atoms with Gasteiger partial charge in [-0.05, 0) is 37.6 Å². The SMILES string of the molecule is Cc1ccc(OCC(=O)N2CC[NH+](Cc3nc4ccccc4s3)CC2)c(C)c1. The number of carbonyl (C=O) groups is 1. The number of aryl methyl sites for hydroxylation is 2. The Morgan fingerprint density at radius 1 is 1.18 bits per heavy atom. The molecule has 6 heteroatoms. The largest absolute Gasteiger partial charge is 0.484 e. The summed E-state index contributed by atoms with van der Waals surface area (Å²) in [6.45, 7) is 8.55. The van der Waals surface area contributed by atoms with Crippen LogP contribution < -0.4 is 9.64 Å². The molecule has 0 unspecified atom stereocenters. The topological polar surface area (TPSA) is 46.9 Å². The van der Waals surface area contributed by atoms with E-state index in [1.165, 1.54) is 20.2 Å². The smallest absolute Gasteiger partial charge is 0.260 e. The molecule has 1 aliphatic heterocycles. The van der Waals surface area contributed by atoms with E-state index in [-0.39, 0.29) is 12.5 Å². The number of benzene rings is 2. The first-order valence-electron chi connectivity index (χ1n) is 9.74. The first kappa shape index (κ1) is 18.9. The molecule has 5 nitrogen and oxygen atoms in total. The van der Waals surface area contributed by atoms with Gasteiger partial charge in [0.25, 0.3) is 5.91 Å². The Morgan fingerprint density at radius 3 is 2.71 bits per heavy atom. The van der Waals surface area contributed by atoms with Gasteiger partial charge in [0.05, 0.1) is 36.4 Å². The van der Waals surface area contributed by atoms with Crippen LogP contribution in [-0.4, -0.2) is 48.6 Å². The molecule has 4 rings (SSSR count). The second-order valence-electron chi connectivity index (χ2n) is 7.44. The molecule has 1 saturated heterocycles. The van der Waals surface area contributed by atoms with Crippen molar-refractivity contribution in [2.75, 3.05) is 32.8 Å². The third-order valence-corrected chi connectivity index (χ3v) is 6.28. The van der Waals surface area contributed by atoms with Gasteiger partial charge in [-0.3, -0.25) is 4.79 Å². The van der Waals surface area contributed by atoms with Gasteiger partial charge < -0.3 is 14.5 Å². The minimum Gasteiger partial charge on any atom is -0.484 e. The van der Waals surface area contributed by atoms with Gasteiger partial charge >= 0.3 is 0 Å². The normalized spacial score (nSPS) is 15.1. The molecule has 2 heterocycles. The van der Waals surface area contributed by atoms with Gasteiger partial charge in [-0.15, -0.1) is 11.3 Å². The van der Waals surface area contributed by atoms with Crippen LogP contribution in [0.3, 0.4) is 0 Å². The van der Waals surface area contributed by atoms with Crippen molar-refractivity contribution < 1.29 is 14.4 Å². The molecule has 1 N–H and O–H groups in total. The number of hydrogen-bond acceptors (Lipinski definition) is 4. The van der Waals surface area contributed by atoms with Crippen molar-refractivity contribution in [3.05, 3.63) is 58.6 Å². The highest BCUT2D eigenvalue weighted by molar-refractivity contribution is 7.18. The van der Waals surface area contributed by atoms with Crippen molar-refractivity contribution >= 4 is 27.5 Å². The fourth-order valence-electron chi connectivity index (χ4n) is 3.65. The molecular weight excluding hydrogens is 370 g/mol. The standard InChI is InChI=1S/C22H25N3O2S/c1-16-7-8-19(17(2)13-16)27-15-22(26)25-11-9-24(10-12-25)14-21-23-18-5-3-4-6-20(18)28-21/h3-8,13H,9-12,14-15H2,1-2H3/p+1. The number of ether oxygens (including phenoxy) is 1. The van der Waals surface area contributed by atoms with E-state index in [1.807, 2.05) is 30.0 Å². The van der Waals surface area contributed by atoms with Gasteiger partial charge in [-0.1, -0.05) is 29.8 Å². The van der Waals surface area contributed by atoms with Gasteiger partial charge in [0, 0.05) is 0 Å². The Labute approximate surface area is 169 Å². The summed E-state index contributed by atoms with van der Waals surface area (Å²) in [4.78, 5) is 20.7. The number of quaternary nitrogens is 1. The van der Waals surface area contributed by atoms with Crippen LogP contribution in [0.5, 0.6) is 5.75 Å². The molecule has 1 aromatic heterocycles. The van der Waals surface area contributed by atoms with E-state index in [9.17, 15) is 4.79 Å². The number of rotatable bonds is 5. The number of fused-ring (bicyclic) bond motifs is 1. The maximum Gasteiger partial charge on any atom is 0.260 e. The number of aromatic nitrogens is 1. The number of hydrogen-bond donors (Lipinski definition) is 1. The second-order valence-corrected chi connectivity index (χ2v) is 8.56. The molecule has 146 valence electrons. The molecule has 1 fully saturated rings. The van der Waals surface area contributed by atoms with Gasteiger partial charge in [0.2, 0.25) is 0 Å². The summed E-state index contributed by atoms with van der Waals surface area (Å²) in [6, 6.07) is 14.3. The minimum absolute atomic E-state index is 0.0685. The van der Waals surface area contributed by atoms with Crippen molar-refractivity contribution in [1.82, 2.24) is 9.88 Å². The highest BCUT2D eigenvalue weighted by Gasteiger charge is 2.25. The molecule has 0 bridgehead atoms. The summed E-state index contributed by atoms with van der Waals surface area (Å²) >= 11 is 1.77. The fraction of sp³-hybridized carbons (Fsp3) is 0.364. The summed E-state index contributed by atoms with van der Waals surface area (Å²) in [6.07, 6.45) is 0. The van der Waals surface area contributed by atoms with Gasteiger partial charge in [0.15, 0.2) is 6.61 Å². The lowest BCUT2D eigenvalue weighted by Crippen LogP contribution is -3.13. The summed E-state index contributed by atoms with van der Waals surface area (Å²) < 4.78 is 7.00. The average Bonchev–Trinajstić information content (AvgIpc) is 3.10. The Kier molecular flexibility index (Phi) is 5.59. The maximum absolute atomic E-state index is 12.5. The molecular formula is C22H26N3O2S+. The number of piperazine rings is 1. The van der Waals surface area contributed by atoms with Crippen molar-refractivity contribution in [3.8, 4) is 5.75 Å². The highest BCUT2D eigenvalue weighted by Crippen LogP contribution is 2.21. The lowest BCUT2D eigenvalue weighted by Gasteiger charge is -2.31. The number of carbonyl (C=O) groups excluding carboxylic acids is 1. The van der Waals surface area contributed by atoms with E-state index in [0.29, 0.717) is 0 Å². The predicted octanol–water partition coefficient (Wildman–Crippen LogP) is 2.22. The third kappa shape index (κ3) is 4.34. The Bertz CT molecular complexity index is 944. The summed E-state index contributed by atoms with van der Waals surface area (Å²) in [7, 11) is 0. The summed E-state index contributed by atoms with van der Waals surface area (Å²) in [5, 5.41) is 1.18. The third-order valence-electron chi connectivity index (χ3n) is 5.24. The quantitative estimate of drug-likeness (QED) is 0.719. The molecule has 0 aliphatic carbocycles. The Morgan fingerprint density at radius 2 is 1.96 bits per heavy atom. The van der Waals surface area contributed by atoms with E-state index in [4.69, 9.17) is 9.72 Å². The van der Waals surface area contributed by atoms with Crippen LogP contribution in [-0.2, 0) is 11.3 Å². The van der Waals surface area contributed by atoms with Gasteiger partial charge in [-0.25, -0.2) is 4.98 Å². The van der Waals surface area contributed by atoms with E-state index in [1.54, 1.807) is 11.3 Å². The van der Waals surface area contributed by atoms with Crippen LogP contribution in [0, 0.1) is 13.8 Å². The van der Waals surface area contributed by atoms with E-state index >= 15 is 0 Å². The number of nitrogens with one attached hydrogen (secondary N) is 1. The monoisotopic (exact) mass is 396 g/mol.